The number of alkyl halides is 3. The van der Waals surface area contributed by atoms with Gasteiger partial charge in [0.05, 0.1) is 6.61 Å². The summed E-state index contributed by atoms with van der Waals surface area (Å²) in [6, 6.07) is 8.98. The lowest BCUT2D eigenvalue weighted by Gasteiger charge is -2.40. The van der Waals surface area contributed by atoms with Crippen molar-refractivity contribution in [3.8, 4) is 0 Å². The molecule has 0 radical (unpaired) electrons. The molecule has 1 fully saturated rings. The van der Waals surface area contributed by atoms with Crippen molar-refractivity contribution < 1.29 is 26.3 Å². The van der Waals surface area contributed by atoms with Gasteiger partial charge >= 0.3 is 6.18 Å². The third-order valence-corrected chi connectivity index (χ3v) is 4.92. The van der Waals surface area contributed by atoms with E-state index in [1.54, 1.807) is 35.9 Å². The summed E-state index contributed by atoms with van der Waals surface area (Å²) < 4.78 is 68.8. The second-order valence-corrected chi connectivity index (χ2v) is 6.98. The van der Waals surface area contributed by atoms with Crippen LogP contribution in [0.1, 0.15) is 12.5 Å². The van der Waals surface area contributed by atoms with E-state index in [0.29, 0.717) is 0 Å². The van der Waals surface area contributed by atoms with Gasteiger partial charge in [0.2, 0.25) is 0 Å². The molecule has 1 aliphatic rings. The van der Waals surface area contributed by atoms with Crippen molar-refractivity contribution in [2.45, 2.75) is 18.7 Å². The highest BCUT2D eigenvalue weighted by Crippen LogP contribution is 2.30. The summed E-state index contributed by atoms with van der Waals surface area (Å²) in [7, 11) is -4.21. The zero-order valence-electron chi connectivity index (χ0n) is 11.9. The number of ether oxygens (including phenoxy) is 1. The normalized spacial score (nSPS) is 24.4. The highest BCUT2D eigenvalue weighted by atomic mass is 32.2. The molecular weight excluding hydrogens is 321 g/mol. The first kappa shape index (κ1) is 17.2. The molecule has 1 saturated heterocycles. The average Bonchev–Trinajstić information content (AvgIpc) is 2.46. The third-order valence-electron chi connectivity index (χ3n) is 3.42. The fourth-order valence-corrected chi connectivity index (χ4v) is 3.53. The van der Waals surface area contributed by atoms with Crippen LogP contribution in [-0.2, 0) is 20.5 Å². The van der Waals surface area contributed by atoms with Gasteiger partial charge in [0.1, 0.15) is 12.1 Å². The van der Waals surface area contributed by atoms with E-state index < -0.39 is 28.5 Å². The molecule has 2 rings (SSSR count). The van der Waals surface area contributed by atoms with Gasteiger partial charge in [-0.15, -0.1) is 0 Å². The minimum Gasteiger partial charge on any atom is -0.368 e. The summed E-state index contributed by atoms with van der Waals surface area (Å²) in [5.41, 5.74) is -0.127. The van der Waals surface area contributed by atoms with E-state index in [2.05, 4.69) is 0 Å². The standard InChI is InChI=1S/C13H17F3N2O3S/c1-12(11-5-3-2-4-6-11)10-18(7-8-21-12)22(19,20)17-9-13(14,15)16/h2-6,17H,7-10H2,1H3. The summed E-state index contributed by atoms with van der Waals surface area (Å²) in [6.45, 7) is 0.195. The highest BCUT2D eigenvalue weighted by Gasteiger charge is 2.39. The van der Waals surface area contributed by atoms with Crippen LogP contribution in [0, 0.1) is 0 Å². The van der Waals surface area contributed by atoms with Crippen LogP contribution in [0.15, 0.2) is 30.3 Å². The van der Waals surface area contributed by atoms with Crippen LogP contribution >= 0.6 is 0 Å². The molecule has 1 aliphatic heterocycles. The predicted octanol–water partition coefficient (Wildman–Crippen LogP) is 1.63. The SMILES string of the molecule is CC1(c2ccccc2)CN(S(=O)(=O)NCC(F)(F)F)CCO1. The van der Waals surface area contributed by atoms with Gasteiger partial charge in [-0.05, 0) is 12.5 Å². The number of benzene rings is 1. The third kappa shape index (κ3) is 4.19. The molecular formula is C13H17F3N2O3S. The predicted molar refractivity (Wildman–Crippen MR) is 74.3 cm³/mol. The maximum atomic E-state index is 12.2. The van der Waals surface area contributed by atoms with Crippen molar-refractivity contribution in [1.29, 1.82) is 0 Å². The second-order valence-electron chi connectivity index (χ2n) is 5.22. The monoisotopic (exact) mass is 338 g/mol. The maximum absolute atomic E-state index is 12.2. The van der Waals surface area contributed by atoms with Gasteiger partial charge in [-0.2, -0.15) is 30.6 Å². The van der Waals surface area contributed by atoms with Crippen molar-refractivity contribution in [1.82, 2.24) is 9.03 Å². The molecule has 1 unspecified atom stereocenters. The molecule has 9 heteroatoms. The quantitative estimate of drug-likeness (QED) is 0.908. The molecule has 0 saturated carbocycles. The number of hydrogen-bond donors (Lipinski definition) is 1. The average molecular weight is 338 g/mol. The lowest BCUT2D eigenvalue weighted by atomic mass is 9.95. The summed E-state index contributed by atoms with van der Waals surface area (Å²) in [6.07, 6.45) is -4.60. The van der Waals surface area contributed by atoms with Crippen molar-refractivity contribution in [2.75, 3.05) is 26.2 Å². The first-order valence-corrected chi connectivity index (χ1v) is 8.07. The van der Waals surface area contributed by atoms with Crippen LogP contribution in [0.25, 0.3) is 0 Å². The number of rotatable bonds is 4. The fraction of sp³-hybridized carbons (Fsp3) is 0.538. The minimum absolute atomic E-state index is 0.00954. The number of nitrogens with one attached hydrogen (secondary N) is 1. The minimum atomic E-state index is -4.60. The zero-order valence-corrected chi connectivity index (χ0v) is 12.7. The molecule has 1 aromatic carbocycles. The number of nitrogens with zero attached hydrogens (tertiary/aromatic N) is 1. The molecule has 0 amide bonds. The van der Waals surface area contributed by atoms with Crippen molar-refractivity contribution in [3.63, 3.8) is 0 Å². The maximum Gasteiger partial charge on any atom is 0.402 e. The molecule has 0 spiro atoms. The number of morpholine rings is 1. The van der Waals surface area contributed by atoms with E-state index in [0.717, 1.165) is 9.87 Å². The van der Waals surface area contributed by atoms with Crippen molar-refractivity contribution >= 4 is 10.2 Å². The molecule has 1 N–H and O–H groups in total. The van der Waals surface area contributed by atoms with E-state index in [1.807, 2.05) is 6.07 Å². The van der Waals surface area contributed by atoms with Crippen LogP contribution < -0.4 is 4.72 Å². The van der Waals surface area contributed by atoms with Gasteiger partial charge in [0.25, 0.3) is 10.2 Å². The fourth-order valence-electron chi connectivity index (χ4n) is 2.27. The Kier molecular flexibility index (Phi) is 4.81. The van der Waals surface area contributed by atoms with Gasteiger partial charge in [0.15, 0.2) is 0 Å². The molecule has 1 heterocycles. The van der Waals surface area contributed by atoms with E-state index >= 15 is 0 Å². The van der Waals surface area contributed by atoms with Crippen LogP contribution in [0.2, 0.25) is 0 Å². The van der Waals surface area contributed by atoms with Crippen molar-refractivity contribution in [2.24, 2.45) is 0 Å². The van der Waals surface area contributed by atoms with E-state index in [1.165, 1.54) is 0 Å². The topological polar surface area (TPSA) is 58.6 Å². The molecule has 1 atom stereocenters. The zero-order chi connectivity index (χ0) is 16.4. The molecule has 5 nitrogen and oxygen atoms in total. The van der Waals surface area contributed by atoms with Gasteiger partial charge in [-0.1, -0.05) is 30.3 Å². The highest BCUT2D eigenvalue weighted by molar-refractivity contribution is 7.87. The van der Waals surface area contributed by atoms with Crippen LogP contribution in [-0.4, -0.2) is 45.1 Å². The van der Waals surface area contributed by atoms with E-state index in [4.69, 9.17) is 4.74 Å². The van der Waals surface area contributed by atoms with Gasteiger partial charge in [-0.25, -0.2) is 0 Å². The molecule has 0 aromatic heterocycles. The first-order chi connectivity index (χ1) is 10.1. The van der Waals surface area contributed by atoms with Gasteiger partial charge in [-0.3, -0.25) is 0 Å². The summed E-state index contributed by atoms with van der Waals surface area (Å²) >= 11 is 0. The Labute approximate surface area is 127 Å². The number of halogens is 3. The molecule has 0 bridgehead atoms. The summed E-state index contributed by atoms with van der Waals surface area (Å²) in [5.74, 6) is 0. The van der Waals surface area contributed by atoms with E-state index in [9.17, 15) is 21.6 Å². The molecule has 22 heavy (non-hydrogen) atoms. The van der Waals surface area contributed by atoms with Gasteiger partial charge in [0, 0.05) is 13.1 Å². The Hall–Kier alpha value is -1.16. The van der Waals surface area contributed by atoms with Crippen LogP contribution in [0.3, 0.4) is 0 Å². The second kappa shape index (κ2) is 6.15. The van der Waals surface area contributed by atoms with E-state index in [-0.39, 0.29) is 19.7 Å². The Balaban J connectivity index is 2.13. The smallest absolute Gasteiger partial charge is 0.368 e. The lowest BCUT2D eigenvalue weighted by molar-refractivity contribution is -0.121. The molecule has 1 aromatic rings. The van der Waals surface area contributed by atoms with Gasteiger partial charge < -0.3 is 4.74 Å². The molecule has 124 valence electrons. The lowest BCUT2D eigenvalue weighted by Crippen LogP contribution is -2.54. The largest absolute Gasteiger partial charge is 0.402 e. The van der Waals surface area contributed by atoms with Crippen LogP contribution in [0.5, 0.6) is 0 Å². The van der Waals surface area contributed by atoms with Crippen LogP contribution in [0.4, 0.5) is 13.2 Å². The Morgan fingerprint density at radius 1 is 1.32 bits per heavy atom. The summed E-state index contributed by atoms with van der Waals surface area (Å²) in [5, 5.41) is 0. The number of hydrogen-bond acceptors (Lipinski definition) is 3. The first-order valence-electron chi connectivity index (χ1n) is 6.63. The Bertz CT molecular complexity index is 607. The Morgan fingerprint density at radius 2 is 1.95 bits per heavy atom. The van der Waals surface area contributed by atoms with Crippen molar-refractivity contribution in [3.05, 3.63) is 35.9 Å². The Morgan fingerprint density at radius 3 is 2.55 bits per heavy atom. The molecule has 0 aliphatic carbocycles. The summed E-state index contributed by atoms with van der Waals surface area (Å²) in [4.78, 5) is 0.